The number of hydrogen-bond acceptors (Lipinski definition) is 8. The summed E-state index contributed by atoms with van der Waals surface area (Å²) in [7, 11) is -10.2. The van der Waals surface area contributed by atoms with Crippen molar-refractivity contribution in [2.45, 2.75) is 64.2 Å². The smallest absolute Gasteiger partial charge is 0.805 e. The molecule has 0 N–H and O–H groups in total. The molecule has 0 saturated carbocycles. The summed E-state index contributed by atoms with van der Waals surface area (Å²) in [6, 6.07) is 0. The Hall–Kier alpha value is 1.64. The standard InChI is InChI=1S/C12H24O8P2.2Na/c13-11(21(15,16)17)9-7-5-3-1-2-4-6-8-10-12(14)22(18,19)20;;/h1-10H2,(H2,15,16,17)(H2,18,19,20);;/q;2*+1/p-2. The molecule has 130 valence electrons. The third kappa shape index (κ3) is 17.1. The fourth-order valence-corrected chi connectivity index (χ4v) is 2.75. The predicted molar refractivity (Wildman–Crippen MR) is 73.6 cm³/mol. The molecule has 0 aliphatic rings. The average Bonchev–Trinajstić information content (AvgIpc) is 2.38. The molecule has 0 aliphatic heterocycles. The Morgan fingerprint density at radius 3 is 1.00 bits per heavy atom. The maximum absolute atomic E-state index is 10.8. The van der Waals surface area contributed by atoms with E-state index in [-0.39, 0.29) is 74.8 Å². The van der Waals surface area contributed by atoms with Gasteiger partial charge in [0.15, 0.2) is 11.0 Å². The van der Waals surface area contributed by atoms with E-state index in [0.29, 0.717) is 25.7 Å². The van der Waals surface area contributed by atoms with Gasteiger partial charge in [-0.05, 0) is 12.8 Å². The van der Waals surface area contributed by atoms with Gasteiger partial charge in [0, 0.05) is 28.0 Å². The molecule has 0 saturated heterocycles. The van der Waals surface area contributed by atoms with Crippen LogP contribution in [0.3, 0.4) is 0 Å². The van der Waals surface area contributed by atoms with Crippen LogP contribution >= 0.6 is 15.2 Å². The maximum atomic E-state index is 10.8. The number of hydrogen-bond donors (Lipinski definition) is 0. The van der Waals surface area contributed by atoms with Crippen molar-refractivity contribution >= 4 is 26.2 Å². The van der Waals surface area contributed by atoms with Crippen molar-refractivity contribution in [3.05, 3.63) is 0 Å². The molecule has 0 bridgehead atoms. The molecule has 0 aliphatic carbocycles. The van der Waals surface area contributed by atoms with E-state index in [1.54, 1.807) is 0 Å². The van der Waals surface area contributed by atoms with E-state index in [1.807, 2.05) is 0 Å². The first-order chi connectivity index (χ1) is 10.0. The van der Waals surface area contributed by atoms with Gasteiger partial charge in [-0.2, -0.15) is 0 Å². The van der Waals surface area contributed by atoms with E-state index in [9.17, 15) is 38.3 Å². The second kappa shape index (κ2) is 15.7. The summed E-state index contributed by atoms with van der Waals surface area (Å²) in [6.45, 7) is 0. The maximum Gasteiger partial charge on any atom is 1.00 e. The Kier molecular flexibility index (Phi) is 19.8. The van der Waals surface area contributed by atoms with Crippen LogP contribution in [0.2, 0.25) is 0 Å². The molecule has 0 heterocycles. The molecule has 0 rings (SSSR count). The third-order valence-electron chi connectivity index (χ3n) is 3.14. The zero-order chi connectivity index (χ0) is 17.2. The molecule has 0 spiro atoms. The van der Waals surface area contributed by atoms with Gasteiger partial charge < -0.3 is 28.7 Å². The van der Waals surface area contributed by atoms with Crippen molar-refractivity contribution in [1.82, 2.24) is 0 Å². The second-order valence-electron chi connectivity index (χ2n) is 5.11. The van der Waals surface area contributed by atoms with Crippen LogP contribution in [-0.2, 0) is 18.7 Å². The van der Waals surface area contributed by atoms with E-state index < -0.39 is 26.2 Å². The van der Waals surface area contributed by atoms with Crippen LogP contribution in [0, 0.1) is 0 Å². The molecule has 8 nitrogen and oxygen atoms in total. The van der Waals surface area contributed by atoms with Crippen molar-refractivity contribution in [2.24, 2.45) is 0 Å². The van der Waals surface area contributed by atoms with Crippen LogP contribution in [-0.4, -0.2) is 11.0 Å². The molecule has 0 aromatic heterocycles. The number of carbonyl (C=O) groups is 2. The summed E-state index contributed by atoms with van der Waals surface area (Å²) in [5.74, 6) is 0. The molecule has 0 unspecified atom stereocenters. The third-order valence-corrected chi connectivity index (χ3v) is 4.81. The molecule has 24 heavy (non-hydrogen) atoms. The van der Waals surface area contributed by atoms with Gasteiger partial charge in [-0.15, -0.1) is 0 Å². The van der Waals surface area contributed by atoms with Gasteiger partial charge in [-0.3, -0.25) is 9.59 Å². The summed E-state index contributed by atoms with van der Waals surface area (Å²) in [5, 5.41) is 0. The Labute approximate surface area is 189 Å². The first-order valence-electron chi connectivity index (χ1n) is 7.16. The van der Waals surface area contributed by atoms with Crippen LogP contribution in [0.15, 0.2) is 0 Å². The van der Waals surface area contributed by atoms with Crippen molar-refractivity contribution < 1.29 is 100 Å². The molecule has 0 atom stereocenters. The van der Waals surface area contributed by atoms with Crippen LogP contribution in [0.4, 0.5) is 0 Å². The Morgan fingerprint density at radius 2 is 0.792 bits per heavy atom. The van der Waals surface area contributed by atoms with Crippen LogP contribution in [0.1, 0.15) is 67.1 Å². The molecular weight excluding hydrogens is 380 g/mol. The predicted octanol–water partition coefficient (Wildman–Crippen LogP) is -6.00. The Morgan fingerprint density at radius 1 is 0.583 bits per heavy atom. The topological polar surface area (TPSA) is 161 Å². The summed E-state index contributed by atoms with van der Waals surface area (Å²) in [6.07, 6.45) is 4.86. The molecule has 0 amide bonds. The summed E-state index contributed by atoms with van der Waals surface area (Å²) in [4.78, 5) is 63.0. The quantitative estimate of drug-likeness (QED) is 0.167. The fourth-order valence-electron chi connectivity index (χ4n) is 1.89. The second-order valence-corrected chi connectivity index (χ2v) is 8.10. The van der Waals surface area contributed by atoms with Crippen molar-refractivity contribution in [3.8, 4) is 0 Å². The summed E-state index contributed by atoms with van der Waals surface area (Å²) in [5.41, 5.74) is -2.49. The molecule has 0 fully saturated rings. The largest absolute Gasteiger partial charge is 1.00 e. The van der Waals surface area contributed by atoms with Gasteiger partial charge in [0.1, 0.15) is 0 Å². The fraction of sp³-hybridized carbons (Fsp3) is 0.833. The minimum Gasteiger partial charge on any atom is -0.805 e. The average molecular weight is 402 g/mol. The minimum atomic E-state index is -5.08. The molecule has 0 aromatic carbocycles. The van der Waals surface area contributed by atoms with E-state index in [2.05, 4.69) is 0 Å². The van der Waals surface area contributed by atoms with Gasteiger partial charge in [0.2, 0.25) is 0 Å². The SMILES string of the molecule is O=C(CCCCCCCCCCC(=O)P(=O)([O-])[O-])P(=O)([O-])[O-].[H+].[H+].[Na+].[Na+]. The monoisotopic (exact) mass is 402 g/mol. The van der Waals surface area contributed by atoms with Crippen molar-refractivity contribution in [1.29, 1.82) is 0 Å². The number of carbonyl (C=O) groups excluding carboxylic acids is 2. The van der Waals surface area contributed by atoms with Gasteiger partial charge >= 0.3 is 62.0 Å². The van der Waals surface area contributed by atoms with Crippen LogP contribution < -0.4 is 78.7 Å². The first-order valence-corrected chi connectivity index (χ1v) is 10.2. The normalized spacial score (nSPS) is 11.3. The molecule has 0 aromatic rings. The van der Waals surface area contributed by atoms with Crippen LogP contribution in [0.5, 0.6) is 0 Å². The van der Waals surface area contributed by atoms with Gasteiger partial charge in [-0.25, -0.2) is 0 Å². The Bertz CT molecular complexity index is 428. The van der Waals surface area contributed by atoms with Gasteiger partial charge in [0.05, 0.1) is 0 Å². The number of unbranched alkanes of at least 4 members (excludes halogenated alkanes) is 7. The van der Waals surface area contributed by atoms with Crippen molar-refractivity contribution in [2.75, 3.05) is 0 Å². The summed E-state index contributed by atoms with van der Waals surface area (Å²) >= 11 is 0. The van der Waals surface area contributed by atoms with Gasteiger partial charge in [-0.1, -0.05) is 38.5 Å². The number of rotatable bonds is 13. The minimum absolute atomic E-state index is 0. The Balaban J connectivity index is -0.000000367. The zero-order valence-corrected chi connectivity index (χ0v) is 20.0. The van der Waals surface area contributed by atoms with E-state index >= 15 is 0 Å². The molecule has 12 heteroatoms. The van der Waals surface area contributed by atoms with E-state index in [4.69, 9.17) is 0 Å². The molecule has 0 radical (unpaired) electrons. The van der Waals surface area contributed by atoms with E-state index in [0.717, 1.165) is 25.7 Å². The van der Waals surface area contributed by atoms with Crippen molar-refractivity contribution in [3.63, 3.8) is 0 Å². The zero-order valence-electron chi connectivity index (χ0n) is 16.2. The van der Waals surface area contributed by atoms with Gasteiger partial charge in [0.25, 0.3) is 0 Å². The van der Waals surface area contributed by atoms with Crippen LogP contribution in [0.25, 0.3) is 0 Å². The van der Waals surface area contributed by atoms with E-state index in [1.165, 1.54) is 0 Å². The summed E-state index contributed by atoms with van der Waals surface area (Å²) < 4.78 is 20.7. The first kappa shape index (κ1) is 30.4. The molecular formula is C12H22Na2O8P2.